The van der Waals surface area contributed by atoms with Gasteiger partial charge in [0.05, 0.1) is 5.41 Å². The van der Waals surface area contributed by atoms with E-state index in [0.717, 1.165) is 18.4 Å². The summed E-state index contributed by atoms with van der Waals surface area (Å²) in [5.74, 6) is 0.144. The normalized spacial score (nSPS) is 24.1. The van der Waals surface area contributed by atoms with Crippen molar-refractivity contribution in [1.82, 2.24) is 9.80 Å². The average molecular weight is 413 g/mol. The molecule has 0 radical (unpaired) electrons. The molecule has 0 spiro atoms. The molecule has 2 aliphatic rings. The largest absolute Gasteiger partial charge is 0.368 e. The summed E-state index contributed by atoms with van der Waals surface area (Å²) in [6.07, 6.45) is 2.72. The second-order valence-electron chi connectivity index (χ2n) is 8.38. The summed E-state index contributed by atoms with van der Waals surface area (Å²) < 4.78 is 5.58. The highest BCUT2D eigenvalue weighted by Gasteiger charge is 2.47. The first-order valence-corrected chi connectivity index (χ1v) is 11.2. The standard InChI is InChI=1S/C23H28N2O3S/c1-24(2)22(27)23(10-11-25(16-23)21(26)20-4-3-12-28-20)14-17-5-7-18(8-6-17)19-9-13-29-15-19/h5-9,13,15,20H,3-4,10-12,14,16H2,1-2H3/t20-,23-/m1/s1. The molecule has 0 aliphatic carbocycles. The number of carbonyl (C=O) groups is 2. The Bertz CT molecular complexity index is 857. The van der Waals surface area contributed by atoms with Crippen LogP contribution in [0.1, 0.15) is 24.8 Å². The van der Waals surface area contributed by atoms with Crippen LogP contribution in [0, 0.1) is 5.41 Å². The number of ether oxygens (including phenoxy) is 1. The molecule has 4 rings (SSSR count). The van der Waals surface area contributed by atoms with E-state index in [1.54, 1.807) is 30.3 Å². The third kappa shape index (κ3) is 4.09. The second kappa shape index (κ2) is 8.28. The number of amides is 2. The molecular weight excluding hydrogens is 384 g/mol. The zero-order valence-electron chi connectivity index (χ0n) is 17.1. The van der Waals surface area contributed by atoms with E-state index >= 15 is 0 Å². The van der Waals surface area contributed by atoms with Crippen molar-refractivity contribution in [2.24, 2.45) is 5.41 Å². The molecule has 2 amide bonds. The van der Waals surface area contributed by atoms with E-state index in [9.17, 15) is 9.59 Å². The van der Waals surface area contributed by atoms with Crippen molar-refractivity contribution in [2.75, 3.05) is 33.8 Å². The van der Waals surface area contributed by atoms with Gasteiger partial charge in [-0.25, -0.2) is 0 Å². The van der Waals surface area contributed by atoms with Gasteiger partial charge in [-0.3, -0.25) is 9.59 Å². The SMILES string of the molecule is CN(C)C(=O)[C@@]1(Cc2ccc(-c3ccsc3)cc2)CCN(C(=O)[C@H]2CCCO2)C1. The fourth-order valence-electron chi connectivity index (χ4n) is 4.54. The van der Waals surface area contributed by atoms with Crippen LogP contribution in [0.15, 0.2) is 41.1 Å². The fraction of sp³-hybridized carbons (Fsp3) is 0.478. The maximum absolute atomic E-state index is 13.2. The van der Waals surface area contributed by atoms with Crippen molar-refractivity contribution in [3.8, 4) is 11.1 Å². The number of nitrogens with zero attached hydrogens (tertiary/aromatic N) is 2. The Labute approximate surface area is 176 Å². The zero-order chi connectivity index (χ0) is 20.4. The van der Waals surface area contributed by atoms with Gasteiger partial charge in [-0.2, -0.15) is 11.3 Å². The smallest absolute Gasteiger partial charge is 0.251 e. The number of hydrogen-bond acceptors (Lipinski definition) is 4. The lowest BCUT2D eigenvalue weighted by Crippen LogP contribution is -2.46. The van der Waals surface area contributed by atoms with Gasteiger partial charge in [0.15, 0.2) is 0 Å². The summed E-state index contributed by atoms with van der Waals surface area (Å²) in [5.41, 5.74) is 2.96. The Balaban J connectivity index is 1.53. The molecule has 0 unspecified atom stereocenters. The molecule has 2 fully saturated rings. The molecule has 5 nitrogen and oxygen atoms in total. The maximum Gasteiger partial charge on any atom is 0.251 e. The predicted molar refractivity (Wildman–Crippen MR) is 115 cm³/mol. The van der Waals surface area contributed by atoms with Gasteiger partial charge in [-0.1, -0.05) is 24.3 Å². The summed E-state index contributed by atoms with van der Waals surface area (Å²) in [7, 11) is 3.60. The Morgan fingerprint density at radius 3 is 2.62 bits per heavy atom. The molecule has 0 saturated carbocycles. The maximum atomic E-state index is 13.2. The minimum Gasteiger partial charge on any atom is -0.368 e. The number of benzene rings is 1. The predicted octanol–water partition coefficient (Wildman–Crippen LogP) is 3.44. The van der Waals surface area contributed by atoms with Crippen LogP contribution in [0.5, 0.6) is 0 Å². The van der Waals surface area contributed by atoms with E-state index in [4.69, 9.17) is 4.74 Å². The quantitative estimate of drug-likeness (QED) is 0.756. The number of rotatable bonds is 5. The summed E-state index contributed by atoms with van der Waals surface area (Å²) in [6.45, 7) is 1.74. The van der Waals surface area contributed by atoms with Crippen LogP contribution in [0.3, 0.4) is 0 Å². The molecule has 1 aromatic carbocycles. The molecule has 0 bridgehead atoms. The Hall–Kier alpha value is -2.18. The van der Waals surface area contributed by atoms with Crippen molar-refractivity contribution in [1.29, 1.82) is 0 Å². The van der Waals surface area contributed by atoms with E-state index in [0.29, 0.717) is 32.5 Å². The van der Waals surface area contributed by atoms with Gasteiger partial charge >= 0.3 is 0 Å². The molecule has 2 aromatic rings. The van der Waals surface area contributed by atoms with Crippen molar-refractivity contribution < 1.29 is 14.3 Å². The fourth-order valence-corrected chi connectivity index (χ4v) is 5.20. The molecule has 29 heavy (non-hydrogen) atoms. The summed E-state index contributed by atoms with van der Waals surface area (Å²) in [5, 5.41) is 4.21. The molecule has 6 heteroatoms. The highest BCUT2D eigenvalue weighted by molar-refractivity contribution is 7.08. The highest BCUT2D eigenvalue weighted by Crippen LogP contribution is 2.37. The lowest BCUT2D eigenvalue weighted by atomic mass is 9.79. The molecule has 2 saturated heterocycles. The molecule has 3 heterocycles. The minimum absolute atomic E-state index is 0.0451. The first kappa shape index (κ1) is 20.1. The van der Waals surface area contributed by atoms with E-state index in [1.165, 1.54) is 11.1 Å². The Morgan fingerprint density at radius 2 is 2.00 bits per heavy atom. The molecular formula is C23H28N2O3S. The topological polar surface area (TPSA) is 49.9 Å². The van der Waals surface area contributed by atoms with E-state index in [1.807, 2.05) is 4.90 Å². The van der Waals surface area contributed by atoms with Crippen molar-refractivity contribution in [2.45, 2.75) is 31.8 Å². The minimum atomic E-state index is -0.568. The van der Waals surface area contributed by atoms with Crippen LogP contribution in [0.4, 0.5) is 0 Å². The van der Waals surface area contributed by atoms with E-state index in [-0.39, 0.29) is 17.9 Å². The first-order valence-electron chi connectivity index (χ1n) is 10.2. The van der Waals surface area contributed by atoms with Gasteiger partial charge in [0, 0.05) is 33.8 Å². The molecule has 0 N–H and O–H groups in total. The third-order valence-electron chi connectivity index (χ3n) is 6.08. The monoisotopic (exact) mass is 412 g/mol. The van der Waals surface area contributed by atoms with Crippen LogP contribution >= 0.6 is 11.3 Å². The van der Waals surface area contributed by atoms with Gasteiger partial charge in [0.2, 0.25) is 5.91 Å². The zero-order valence-corrected chi connectivity index (χ0v) is 17.9. The summed E-state index contributed by atoms with van der Waals surface area (Å²) in [6, 6.07) is 10.6. The van der Waals surface area contributed by atoms with Crippen molar-refractivity contribution >= 4 is 23.2 Å². The van der Waals surface area contributed by atoms with Crippen LogP contribution < -0.4 is 0 Å². The van der Waals surface area contributed by atoms with Gasteiger partial charge < -0.3 is 14.5 Å². The number of carbonyl (C=O) groups excluding carboxylic acids is 2. The van der Waals surface area contributed by atoms with Crippen LogP contribution in [0.25, 0.3) is 11.1 Å². The number of thiophene rings is 1. The van der Waals surface area contributed by atoms with Gasteiger partial charge in [-0.15, -0.1) is 0 Å². The van der Waals surface area contributed by atoms with Crippen molar-refractivity contribution in [3.05, 3.63) is 46.7 Å². The summed E-state index contributed by atoms with van der Waals surface area (Å²) >= 11 is 1.69. The van der Waals surface area contributed by atoms with E-state index in [2.05, 4.69) is 41.1 Å². The third-order valence-corrected chi connectivity index (χ3v) is 6.76. The van der Waals surface area contributed by atoms with Gasteiger partial charge in [0.1, 0.15) is 6.10 Å². The summed E-state index contributed by atoms with van der Waals surface area (Å²) in [4.78, 5) is 29.5. The number of likely N-dealkylation sites (tertiary alicyclic amines) is 1. The molecule has 2 aliphatic heterocycles. The second-order valence-corrected chi connectivity index (χ2v) is 9.16. The first-order chi connectivity index (χ1) is 14.0. The lowest BCUT2D eigenvalue weighted by molar-refractivity contribution is -0.142. The van der Waals surface area contributed by atoms with Crippen molar-refractivity contribution in [3.63, 3.8) is 0 Å². The Morgan fingerprint density at radius 1 is 1.21 bits per heavy atom. The highest BCUT2D eigenvalue weighted by atomic mass is 32.1. The van der Waals surface area contributed by atoms with Crippen LogP contribution in [0.2, 0.25) is 0 Å². The van der Waals surface area contributed by atoms with Crippen LogP contribution in [-0.2, 0) is 20.7 Å². The molecule has 1 aromatic heterocycles. The lowest BCUT2D eigenvalue weighted by Gasteiger charge is -2.31. The van der Waals surface area contributed by atoms with Gasteiger partial charge in [-0.05, 0) is 59.2 Å². The number of hydrogen-bond donors (Lipinski definition) is 0. The average Bonchev–Trinajstić information content (AvgIpc) is 3.49. The molecule has 154 valence electrons. The van der Waals surface area contributed by atoms with Gasteiger partial charge in [0.25, 0.3) is 5.91 Å². The molecule has 2 atom stereocenters. The Kier molecular flexibility index (Phi) is 5.74. The van der Waals surface area contributed by atoms with Crippen LogP contribution in [-0.4, -0.2) is 61.5 Å². The van der Waals surface area contributed by atoms with E-state index < -0.39 is 5.41 Å².